The van der Waals surface area contributed by atoms with Crippen LogP contribution in [0.2, 0.25) is 0 Å². The summed E-state index contributed by atoms with van der Waals surface area (Å²) in [6.45, 7) is 2.27. The molecule has 1 aromatic heterocycles. The highest BCUT2D eigenvalue weighted by Gasteiger charge is 2.33. The highest BCUT2D eigenvalue weighted by molar-refractivity contribution is 5.55. The number of halogens is 1. The lowest BCUT2D eigenvalue weighted by molar-refractivity contribution is 0.614. The Morgan fingerprint density at radius 2 is 1.71 bits per heavy atom. The molecule has 0 aliphatic heterocycles. The number of aromatic nitrogens is 2. The molecule has 0 N–H and O–H groups in total. The first kappa shape index (κ1) is 10.4. The molecule has 0 amide bonds. The molecule has 2 atom stereocenters. The average Bonchev–Trinajstić information content (AvgIpc) is 3.08. The van der Waals surface area contributed by atoms with E-state index in [-0.39, 0.29) is 0 Å². The van der Waals surface area contributed by atoms with Gasteiger partial charge in [0.1, 0.15) is 0 Å². The van der Waals surface area contributed by atoms with Crippen LogP contribution in [0.3, 0.4) is 0 Å². The van der Waals surface area contributed by atoms with Crippen molar-refractivity contribution in [3.8, 4) is 11.4 Å². The minimum Gasteiger partial charge on any atom is -0.233 e. The second-order valence-electron chi connectivity index (χ2n) is 4.67. The van der Waals surface area contributed by atoms with E-state index in [9.17, 15) is 4.39 Å². The van der Waals surface area contributed by atoms with Gasteiger partial charge in [0.05, 0.1) is 12.4 Å². The zero-order chi connectivity index (χ0) is 11.8. The summed E-state index contributed by atoms with van der Waals surface area (Å²) in [6.07, 6.45) is 3.67. The molecule has 1 fully saturated rings. The fourth-order valence-electron chi connectivity index (χ4n) is 2.13. The largest absolute Gasteiger partial charge is 0.233 e. The Hall–Kier alpha value is -1.77. The molecule has 86 valence electrons. The Balaban J connectivity index is 1.86. The highest BCUT2D eigenvalue weighted by atomic mass is 19.1. The van der Waals surface area contributed by atoms with Crippen molar-refractivity contribution in [2.75, 3.05) is 0 Å². The van der Waals surface area contributed by atoms with Crippen molar-refractivity contribution >= 4 is 0 Å². The molecule has 17 heavy (non-hydrogen) atoms. The fourth-order valence-corrected chi connectivity index (χ4v) is 2.13. The average molecular weight is 228 g/mol. The van der Waals surface area contributed by atoms with Crippen molar-refractivity contribution in [1.82, 2.24) is 9.97 Å². The number of hydrogen-bond acceptors (Lipinski definition) is 2. The molecule has 0 saturated heterocycles. The maximum Gasteiger partial charge on any atom is 0.159 e. The lowest BCUT2D eigenvalue weighted by Crippen LogP contribution is -1.90. The van der Waals surface area contributed by atoms with Crippen molar-refractivity contribution in [1.29, 1.82) is 0 Å². The standard InChI is InChI=1S/C14H13FN2/c1-9-6-13(9)10-2-4-11(5-3-10)14-16-7-12(15)8-17-14/h2-5,7-9,13H,6H2,1H3. The molecule has 2 nitrogen and oxygen atoms in total. The predicted molar refractivity (Wildman–Crippen MR) is 63.9 cm³/mol. The van der Waals surface area contributed by atoms with Crippen LogP contribution in [0, 0.1) is 11.7 Å². The van der Waals surface area contributed by atoms with Gasteiger partial charge < -0.3 is 0 Å². The molecule has 1 aliphatic carbocycles. The number of nitrogens with zero attached hydrogens (tertiary/aromatic N) is 2. The Kier molecular flexibility index (Phi) is 2.39. The van der Waals surface area contributed by atoms with E-state index in [1.165, 1.54) is 24.4 Å². The third-order valence-electron chi connectivity index (χ3n) is 3.33. The van der Waals surface area contributed by atoms with E-state index in [0.717, 1.165) is 17.4 Å². The van der Waals surface area contributed by atoms with Gasteiger partial charge >= 0.3 is 0 Å². The molecule has 3 heteroatoms. The Bertz CT molecular complexity index is 519. The number of hydrogen-bond donors (Lipinski definition) is 0. The normalized spacial score (nSPS) is 22.5. The lowest BCUT2D eigenvalue weighted by atomic mass is 10.1. The van der Waals surface area contributed by atoms with E-state index >= 15 is 0 Å². The summed E-state index contributed by atoms with van der Waals surface area (Å²) >= 11 is 0. The van der Waals surface area contributed by atoms with Crippen LogP contribution >= 0.6 is 0 Å². The summed E-state index contributed by atoms with van der Waals surface area (Å²) < 4.78 is 12.7. The van der Waals surface area contributed by atoms with Crippen molar-refractivity contribution in [3.63, 3.8) is 0 Å². The number of benzene rings is 1. The van der Waals surface area contributed by atoms with Gasteiger partial charge in [-0.05, 0) is 23.8 Å². The van der Waals surface area contributed by atoms with E-state index < -0.39 is 5.82 Å². The zero-order valence-electron chi connectivity index (χ0n) is 9.60. The monoisotopic (exact) mass is 228 g/mol. The summed E-state index contributed by atoms with van der Waals surface area (Å²) in [6, 6.07) is 8.26. The molecule has 1 aromatic carbocycles. The van der Waals surface area contributed by atoms with Crippen LogP contribution in [0.5, 0.6) is 0 Å². The van der Waals surface area contributed by atoms with Gasteiger partial charge in [-0.15, -0.1) is 0 Å². The smallest absolute Gasteiger partial charge is 0.159 e. The summed E-state index contributed by atoms with van der Waals surface area (Å²) in [4.78, 5) is 7.94. The summed E-state index contributed by atoms with van der Waals surface area (Å²) in [5, 5.41) is 0. The van der Waals surface area contributed by atoms with E-state index in [2.05, 4.69) is 29.0 Å². The third kappa shape index (κ3) is 2.05. The van der Waals surface area contributed by atoms with Gasteiger partial charge in [0.25, 0.3) is 0 Å². The maximum atomic E-state index is 12.7. The quantitative estimate of drug-likeness (QED) is 0.787. The molecular formula is C14H13FN2. The Labute approximate surface area is 99.5 Å². The van der Waals surface area contributed by atoms with Crippen LogP contribution in [-0.2, 0) is 0 Å². The number of rotatable bonds is 2. The van der Waals surface area contributed by atoms with Gasteiger partial charge in [0.15, 0.2) is 11.6 Å². The second kappa shape index (κ2) is 3.91. The van der Waals surface area contributed by atoms with Gasteiger partial charge in [0, 0.05) is 5.56 Å². The summed E-state index contributed by atoms with van der Waals surface area (Å²) in [5.41, 5.74) is 2.31. The van der Waals surface area contributed by atoms with Gasteiger partial charge in [-0.3, -0.25) is 0 Å². The van der Waals surface area contributed by atoms with Crippen LogP contribution in [0.25, 0.3) is 11.4 Å². The topological polar surface area (TPSA) is 25.8 Å². The van der Waals surface area contributed by atoms with Gasteiger partial charge in [-0.25, -0.2) is 14.4 Å². The fraction of sp³-hybridized carbons (Fsp3) is 0.286. The SMILES string of the molecule is CC1CC1c1ccc(-c2ncc(F)cn2)cc1. The van der Waals surface area contributed by atoms with Crippen LogP contribution in [0.4, 0.5) is 4.39 Å². The van der Waals surface area contributed by atoms with E-state index in [1.807, 2.05) is 12.1 Å². The van der Waals surface area contributed by atoms with Crippen molar-refractivity contribution in [2.45, 2.75) is 19.3 Å². The van der Waals surface area contributed by atoms with E-state index in [0.29, 0.717) is 5.82 Å². The first-order valence-electron chi connectivity index (χ1n) is 5.82. The molecule has 1 saturated carbocycles. The molecule has 1 heterocycles. The van der Waals surface area contributed by atoms with Crippen molar-refractivity contribution < 1.29 is 4.39 Å². The molecule has 0 bridgehead atoms. The van der Waals surface area contributed by atoms with Crippen LogP contribution in [0.15, 0.2) is 36.7 Å². The molecule has 0 radical (unpaired) electrons. The van der Waals surface area contributed by atoms with Gasteiger partial charge in [-0.2, -0.15) is 0 Å². The molecule has 2 aromatic rings. The minimum absolute atomic E-state index is 0.405. The third-order valence-corrected chi connectivity index (χ3v) is 3.33. The Morgan fingerprint density at radius 1 is 1.12 bits per heavy atom. The van der Waals surface area contributed by atoms with Crippen molar-refractivity contribution in [3.05, 3.63) is 48.0 Å². The molecule has 1 aliphatic rings. The lowest BCUT2D eigenvalue weighted by Gasteiger charge is -2.02. The highest BCUT2D eigenvalue weighted by Crippen LogP contribution is 2.46. The molecular weight excluding hydrogens is 215 g/mol. The van der Waals surface area contributed by atoms with E-state index in [4.69, 9.17) is 0 Å². The van der Waals surface area contributed by atoms with Crippen molar-refractivity contribution in [2.24, 2.45) is 5.92 Å². The summed E-state index contributed by atoms with van der Waals surface area (Å²) in [5.74, 6) is 1.69. The van der Waals surface area contributed by atoms with Gasteiger partial charge in [0.2, 0.25) is 0 Å². The Morgan fingerprint density at radius 3 is 2.24 bits per heavy atom. The van der Waals surface area contributed by atoms with Crippen LogP contribution in [-0.4, -0.2) is 9.97 Å². The molecule has 3 rings (SSSR count). The summed E-state index contributed by atoms with van der Waals surface area (Å²) in [7, 11) is 0. The first-order chi connectivity index (χ1) is 8.24. The zero-order valence-corrected chi connectivity index (χ0v) is 9.60. The van der Waals surface area contributed by atoms with Crippen LogP contribution < -0.4 is 0 Å². The molecule has 0 spiro atoms. The maximum absolute atomic E-state index is 12.7. The van der Waals surface area contributed by atoms with Crippen LogP contribution in [0.1, 0.15) is 24.8 Å². The van der Waals surface area contributed by atoms with E-state index in [1.54, 1.807) is 0 Å². The predicted octanol–water partition coefficient (Wildman–Crippen LogP) is 3.41. The minimum atomic E-state index is -0.405. The van der Waals surface area contributed by atoms with Gasteiger partial charge in [-0.1, -0.05) is 31.2 Å². The second-order valence-corrected chi connectivity index (χ2v) is 4.67. The first-order valence-corrected chi connectivity index (χ1v) is 5.82. The molecule has 2 unspecified atom stereocenters.